The number of carbonyl (C=O) groups is 1. The van der Waals surface area contributed by atoms with Crippen molar-refractivity contribution in [1.29, 1.82) is 0 Å². The first-order valence-electron chi connectivity index (χ1n) is 8.45. The Balaban J connectivity index is 1.45. The molecular formula is C20H17FN2O3S. The van der Waals surface area contributed by atoms with Crippen molar-refractivity contribution in [1.82, 2.24) is 4.98 Å². The molecule has 0 unspecified atom stereocenters. The van der Waals surface area contributed by atoms with E-state index >= 15 is 0 Å². The molecule has 0 spiro atoms. The zero-order chi connectivity index (χ0) is 18.8. The quantitative estimate of drug-likeness (QED) is 0.734. The summed E-state index contributed by atoms with van der Waals surface area (Å²) in [6.45, 7) is 0.338. The standard InChI is InChI=1S/C20H17FN2O3S/c1-25-18-7-6-12(9-15(18)21)16-11-27-20(22-16)23-19(24)14-8-13-4-2-3-5-17(13)26-10-14/h2-7,9,11,14H,8,10H2,1H3,(H,22,23,24)/t14-/m0/s1. The van der Waals surface area contributed by atoms with Gasteiger partial charge in [-0.15, -0.1) is 11.3 Å². The molecule has 1 aliphatic heterocycles. The summed E-state index contributed by atoms with van der Waals surface area (Å²) in [5, 5.41) is 5.10. The second-order valence-corrected chi connectivity index (χ2v) is 7.05. The molecule has 5 nitrogen and oxygen atoms in total. The van der Waals surface area contributed by atoms with Gasteiger partial charge in [0.1, 0.15) is 12.4 Å². The molecule has 1 aliphatic rings. The SMILES string of the molecule is COc1ccc(-c2csc(NC(=O)[C@@H]3COc4ccccc4C3)n2)cc1F. The van der Waals surface area contributed by atoms with Crippen molar-refractivity contribution in [2.75, 3.05) is 19.0 Å². The van der Waals surface area contributed by atoms with Gasteiger partial charge in [-0.05, 0) is 36.2 Å². The molecule has 2 aromatic carbocycles. The van der Waals surface area contributed by atoms with Crippen LogP contribution < -0.4 is 14.8 Å². The molecule has 3 aromatic rings. The zero-order valence-electron chi connectivity index (χ0n) is 14.6. The van der Waals surface area contributed by atoms with Crippen molar-refractivity contribution >= 4 is 22.4 Å². The van der Waals surface area contributed by atoms with Gasteiger partial charge in [0.25, 0.3) is 0 Å². The van der Waals surface area contributed by atoms with Gasteiger partial charge < -0.3 is 14.8 Å². The third-order valence-corrected chi connectivity index (χ3v) is 5.19. The van der Waals surface area contributed by atoms with Gasteiger partial charge in [0.15, 0.2) is 16.7 Å². The predicted molar refractivity (Wildman–Crippen MR) is 102 cm³/mol. The number of amides is 1. The van der Waals surface area contributed by atoms with Crippen LogP contribution in [-0.4, -0.2) is 24.6 Å². The van der Waals surface area contributed by atoms with Crippen LogP contribution >= 0.6 is 11.3 Å². The molecule has 7 heteroatoms. The van der Waals surface area contributed by atoms with Gasteiger partial charge in [-0.2, -0.15) is 0 Å². The second-order valence-electron chi connectivity index (χ2n) is 6.20. The molecule has 1 aromatic heterocycles. The average Bonchev–Trinajstić information content (AvgIpc) is 3.16. The molecule has 2 heterocycles. The number of aromatic nitrogens is 1. The first-order valence-corrected chi connectivity index (χ1v) is 9.33. The molecule has 0 radical (unpaired) electrons. The summed E-state index contributed by atoms with van der Waals surface area (Å²) < 4.78 is 24.5. The number of carbonyl (C=O) groups excluding carboxylic acids is 1. The topological polar surface area (TPSA) is 60.5 Å². The van der Waals surface area contributed by atoms with Crippen molar-refractivity contribution in [2.24, 2.45) is 5.92 Å². The number of rotatable bonds is 4. The number of fused-ring (bicyclic) bond motifs is 1. The average molecular weight is 384 g/mol. The van der Waals surface area contributed by atoms with Gasteiger partial charge in [0, 0.05) is 10.9 Å². The van der Waals surface area contributed by atoms with Gasteiger partial charge in [0.05, 0.1) is 18.7 Å². The Bertz CT molecular complexity index is 989. The molecule has 1 N–H and O–H groups in total. The Morgan fingerprint density at radius 3 is 3.00 bits per heavy atom. The fraction of sp³-hybridized carbons (Fsp3) is 0.200. The zero-order valence-corrected chi connectivity index (χ0v) is 15.4. The lowest BCUT2D eigenvalue weighted by Crippen LogP contribution is -2.32. The third-order valence-electron chi connectivity index (χ3n) is 4.43. The van der Waals surface area contributed by atoms with E-state index in [1.54, 1.807) is 17.5 Å². The minimum Gasteiger partial charge on any atom is -0.494 e. The van der Waals surface area contributed by atoms with E-state index in [1.807, 2.05) is 24.3 Å². The summed E-state index contributed by atoms with van der Waals surface area (Å²) >= 11 is 1.30. The van der Waals surface area contributed by atoms with Gasteiger partial charge in [-0.25, -0.2) is 9.37 Å². The maximum Gasteiger partial charge on any atom is 0.233 e. The number of halogens is 1. The fourth-order valence-electron chi connectivity index (χ4n) is 2.99. The van der Waals surface area contributed by atoms with Crippen LogP contribution in [0.5, 0.6) is 11.5 Å². The van der Waals surface area contributed by atoms with Crippen molar-refractivity contribution < 1.29 is 18.7 Å². The van der Waals surface area contributed by atoms with Crippen molar-refractivity contribution in [3.8, 4) is 22.8 Å². The Morgan fingerprint density at radius 2 is 2.19 bits per heavy atom. The molecule has 27 heavy (non-hydrogen) atoms. The van der Waals surface area contributed by atoms with Crippen LogP contribution in [0.4, 0.5) is 9.52 Å². The molecule has 138 valence electrons. The minimum atomic E-state index is -0.452. The van der Waals surface area contributed by atoms with E-state index < -0.39 is 5.82 Å². The van der Waals surface area contributed by atoms with Gasteiger partial charge in [0.2, 0.25) is 5.91 Å². The number of ether oxygens (including phenoxy) is 2. The lowest BCUT2D eigenvalue weighted by molar-refractivity contribution is -0.121. The normalized spacial score (nSPS) is 15.6. The summed E-state index contributed by atoms with van der Waals surface area (Å²) in [7, 11) is 1.42. The van der Waals surface area contributed by atoms with Crippen LogP contribution in [0.1, 0.15) is 5.56 Å². The van der Waals surface area contributed by atoms with Crippen LogP contribution in [0.25, 0.3) is 11.3 Å². The first-order chi connectivity index (χ1) is 13.1. The van der Waals surface area contributed by atoms with Crippen LogP contribution in [0.2, 0.25) is 0 Å². The number of nitrogens with zero attached hydrogens (tertiary/aromatic N) is 1. The number of hydrogen-bond acceptors (Lipinski definition) is 5. The Hall–Kier alpha value is -2.93. The lowest BCUT2D eigenvalue weighted by Gasteiger charge is -2.24. The van der Waals surface area contributed by atoms with Crippen molar-refractivity contribution in [3.05, 3.63) is 59.2 Å². The van der Waals surface area contributed by atoms with Crippen molar-refractivity contribution in [3.63, 3.8) is 0 Å². The fourth-order valence-corrected chi connectivity index (χ4v) is 3.72. The van der Waals surface area contributed by atoms with Gasteiger partial charge >= 0.3 is 0 Å². The third kappa shape index (κ3) is 3.64. The molecular weight excluding hydrogens is 367 g/mol. The number of hydrogen-bond donors (Lipinski definition) is 1. The highest BCUT2D eigenvalue weighted by Crippen LogP contribution is 2.30. The maximum absolute atomic E-state index is 13.9. The Labute approximate surface area is 159 Å². The minimum absolute atomic E-state index is 0.133. The van der Waals surface area contributed by atoms with Crippen LogP contribution in [0, 0.1) is 11.7 Å². The first kappa shape index (κ1) is 17.5. The van der Waals surface area contributed by atoms with Crippen LogP contribution in [0.3, 0.4) is 0 Å². The highest BCUT2D eigenvalue weighted by molar-refractivity contribution is 7.14. The van der Waals surface area contributed by atoms with E-state index in [1.165, 1.54) is 24.5 Å². The van der Waals surface area contributed by atoms with Crippen LogP contribution in [-0.2, 0) is 11.2 Å². The van der Waals surface area contributed by atoms with Crippen LogP contribution in [0.15, 0.2) is 47.8 Å². The number of benzene rings is 2. The number of para-hydroxylation sites is 1. The summed E-state index contributed by atoms with van der Waals surface area (Å²) in [6.07, 6.45) is 0.629. The van der Waals surface area contributed by atoms with E-state index in [4.69, 9.17) is 9.47 Å². The number of thiazole rings is 1. The molecule has 4 rings (SSSR count). The van der Waals surface area contributed by atoms with Gasteiger partial charge in [-0.3, -0.25) is 4.79 Å². The molecule has 0 fully saturated rings. The number of methoxy groups -OCH3 is 1. The monoisotopic (exact) mass is 384 g/mol. The van der Waals surface area contributed by atoms with Crippen molar-refractivity contribution in [2.45, 2.75) is 6.42 Å². The summed E-state index contributed by atoms with van der Waals surface area (Å²) in [6, 6.07) is 12.4. The molecule has 0 bridgehead atoms. The largest absolute Gasteiger partial charge is 0.494 e. The number of nitrogens with one attached hydrogen (secondary N) is 1. The van der Waals surface area contributed by atoms with E-state index in [2.05, 4.69) is 10.3 Å². The second kappa shape index (κ2) is 7.36. The molecule has 0 saturated carbocycles. The smallest absolute Gasteiger partial charge is 0.233 e. The summed E-state index contributed by atoms with van der Waals surface area (Å²) in [4.78, 5) is 17.0. The summed E-state index contributed by atoms with van der Waals surface area (Å²) in [5.74, 6) is 0.156. The summed E-state index contributed by atoms with van der Waals surface area (Å²) in [5.41, 5.74) is 2.25. The van der Waals surface area contributed by atoms with Gasteiger partial charge in [-0.1, -0.05) is 18.2 Å². The molecule has 1 atom stereocenters. The Morgan fingerprint density at radius 1 is 1.33 bits per heavy atom. The van der Waals surface area contributed by atoms with E-state index in [0.717, 1.165) is 11.3 Å². The van der Waals surface area contributed by atoms with E-state index in [0.29, 0.717) is 29.4 Å². The maximum atomic E-state index is 13.9. The molecule has 0 aliphatic carbocycles. The highest BCUT2D eigenvalue weighted by atomic mass is 32.1. The number of anilines is 1. The molecule has 1 amide bonds. The van der Waals surface area contributed by atoms with E-state index in [9.17, 15) is 9.18 Å². The lowest BCUT2D eigenvalue weighted by atomic mass is 9.96. The Kier molecular flexibility index (Phi) is 4.77. The van der Waals surface area contributed by atoms with E-state index in [-0.39, 0.29) is 17.6 Å². The predicted octanol–water partition coefficient (Wildman–Crippen LogP) is 4.15. The highest BCUT2D eigenvalue weighted by Gasteiger charge is 2.26. The molecule has 0 saturated heterocycles.